The van der Waals surface area contributed by atoms with Crippen molar-refractivity contribution in [1.82, 2.24) is 19.4 Å². The van der Waals surface area contributed by atoms with E-state index in [1.165, 1.54) is 0 Å². The molecule has 0 aromatic carbocycles. The van der Waals surface area contributed by atoms with Crippen LogP contribution in [0, 0.1) is 6.92 Å². The van der Waals surface area contributed by atoms with E-state index in [1.54, 1.807) is 10.7 Å². The van der Waals surface area contributed by atoms with E-state index in [2.05, 4.69) is 17.0 Å². The Morgan fingerprint density at radius 2 is 2.04 bits per heavy atom. The molecule has 2 saturated heterocycles. The van der Waals surface area contributed by atoms with Crippen molar-refractivity contribution in [3.63, 3.8) is 0 Å². The van der Waals surface area contributed by atoms with Gasteiger partial charge in [0.25, 0.3) is 5.91 Å². The van der Waals surface area contributed by atoms with Crippen molar-refractivity contribution < 1.29 is 9.53 Å². The van der Waals surface area contributed by atoms with Gasteiger partial charge in [0, 0.05) is 44.6 Å². The minimum Gasteiger partial charge on any atom is -0.381 e. The fourth-order valence-corrected chi connectivity index (χ4v) is 3.95. The van der Waals surface area contributed by atoms with Crippen LogP contribution in [0.2, 0.25) is 0 Å². The van der Waals surface area contributed by atoms with E-state index in [4.69, 9.17) is 4.74 Å². The third kappa shape index (κ3) is 2.50. The van der Waals surface area contributed by atoms with E-state index < -0.39 is 0 Å². The van der Waals surface area contributed by atoms with Gasteiger partial charge in [0.2, 0.25) is 0 Å². The smallest absolute Gasteiger partial charge is 0.257 e. The Morgan fingerprint density at radius 3 is 2.83 bits per heavy atom. The lowest BCUT2D eigenvalue weighted by atomic mass is 9.86. The highest BCUT2D eigenvalue weighted by atomic mass is 16.5. The normalized spacial score (nSPS) is 21.5. The molecule has 2 fully saturated rings. The zero-order chi connectivity index (χ0) is 16.7. The number of hydrogen-bond acceptors (Lipinski definition) is 4. The van der Waals surface area contributed by atoms with Crippen molar-refractivity contribution in [3.05, 3.63) is 35.7 Å². The van der Waals surface area contributed by atoms with E-state index in [0.29, 0.717) is 5.56 Å². The van der Waals surface area contributed by atoms with Crippen LogP contribution in [0.3, 0.4) is 0 Å². The predicted octanol–water partition coefficient (Wildman–Crippen LogP) is 1.58. The molecule has 0 aliphatic carbocycles. The molecule has 0 saturated carbocycles. The molecule has 0 N–H and O–H groups in total. The Bertz CT molecular complexity index is 763. The van der Waals surface area contributed by atoms with E-state index in [1.807, 2.05) is 30.2 Å². The first kappa shape index (κ1) is 15.6. The largest absolute Gasteiger partial charge is 0.381 e. The van der Waals surface area contributed by atoms with E-state index in [0.717, 1.165) is 56.8 Å². The number of piperazine rings is 1. The van der Waals surface area contributed by atoms with Crippen LogP contribution in [0.25, 0.3) is 5.52 Å². The van der Waals surface area contributed by atoms with Gasteiger partial charge in [0.1, 0.15) is 0 Å². The first-order valence-electron chi connectivity index (χ1n) is 8.61. The molecule has 4 heterocycles. The second-order valence-corrected chi connectivity index (χ2v) is 7.08. The average molecular weight is 328 g/mol. The summed E-state index contributed by atoms with van der Waals surface area (Å²) in [6, 6.07) is 4.01. The number of likely N-dealkylation sites (N-methyl/N-ethyl adjacent to an activating group) is 1. The van der Waals surface area contributed by atoms with Crippen LogP contribution in [-0.2, 0) is 4.74 Å². The summed E-state index contributed by atoms with van der Waals surface area (Å²) in [5.74, 6) is 0.0906. The average Bonchev–Trinajstić information content (AvgIpc) is 3.00. The highest BCUT2D eigenvalue weighted by Gasteiger charge is 2.42. The molecule has 2 aromatic heterocycles. The van der Waals surface area contributed by atoms with Gasteiger partial charge in [-0.15, -0.1) is 0 Å². The predicted molar refractivity (Wildman–Crippen MR) is 91.2 cm³/mol. The third-order valence-corrected chi connectivity index (χ3v) is 5.61. The van der Waals surface area contributed by atoms with Crippen molar-refractivity contribution in [1.29, 1.82) is 0 Å². The first-order chi connectivity index (χ1) is 11.6. The van der Waals surface area contributed by atoms with Crippen LogP contribution in [-0.4, -0.2) is 70.8 Å². The minimum atomic E-state index is 0.0612. The number of amides is 1. The van der Waals surface area contributed by atoms with Crippen molar-refractivity contribution >= 4 is 11.4 Å². The number of carbonyl (C=O) groups excluding carboxylic acids is 1. The van der Waals surface area contributed by atoms with Gasteiger partial charge in [-0.3, -0.25) is 9.69 Å². The molecule has 24 heavy (non-hydrogen) atoms. The van der Waals surface area contributed by atoms with Gasteiger partial charge in [0.15, 0.2) is 0 Å². The number of nitrogens with zero attached hydrogens (tertiary/aromatic N) is 4. The zero-order valence-electron chi connectivity index (χ0n) is 14.4. The SMILES string of the molecule is Cc1ccc2c(C(=O)N3CCN(C)C4(CCOCC4)C3)cnn2c1. The number of carbonyl (C=O) groups is 1. The lowest BCUT2D eigenvalue weighted by Crippen LogP contribution is -2.63. The molecular weight excluding hydrogens is 304 g/mol. The molecule has 4 rings (SSSR count). The van der Waals surface area contributed by atoms with Crippen molar-refractivity contribution in [3.8, 4) is 0 Å². The fraction of sp³-hybridized carbons (Fsp3) is 0.556. The highest BCUT2D eigenvalue weighted by molar-refractivity contribution is 6.00. The van der Waals surface area contributed by atoms with Gasteiger partial charge in [-0.1, -0.05) is 6.07 Å². The summed E-state index contributed by atoms with van der Waals surface area (Å²) in [6.45, 7) is 6.03. The monoisotopic (exact) mass is 328 g/mol. The van der Waals surface area contributed by atoms with Crippen molar-refractivity contribution in [2.24, 2.45) is 0 Å². The maximum absolute atomic E-state index is 13.1. The van der Waals surface area contributed by atoms with Crippen molar-refractivity contribution in [2.45, 2.75) is 25.3 Å². The van der Waals surface area contributed by atoms with E-state index in [-0.39, 0.29) is 11.4 Å². The van der Waals surface area contributed by atoms with Crippen LogP contribution in [0.1, 0.15) is 28.8 Å². The molecule has 2 aliphatic heterocycles. The van der Waals surface area contributed by atoms with Gasteiger partial charge in [0.05, 0.1) is 17.3 Å². The molecular formula is C18H24N4O2. The summed E-state index contributed by atoms with van der Waals surface area (Å²) in [5.41, 5.74) is 2.77. The Labute approximate surface area is 142 Å². The molecule has 6 nitrogen and oxygen atoms in total. The second kappa shape index (κ2) is 5.86. The summed E-state index contributed by atoms with van der Waals surface area (Å²) >= 11 is 0. The molecule has 128 valence electrons. The number of aromatic nitrogens is 2. The summed E-state index contributed by atoms with van der Waals surface area (Å²) in [5, 5.41) is 4.35. The summed E-state index contributed by atoms with van der Waals surface area (Å²) in [7, 11) is 2.17. The Morgan fingerprint density at radius 1 is 1.25 bits per heavy atom. The Balaban J connectivity index is 1.61. The number of ether oxygens (including phenoxy) is 1. The van der Waals surface area contributed by atoms with Crippen LogP contribution < -0.4 is 0 Å². The van der Waals surface area contributed by atoms with E-state index in [9.17, 15) is 4.79 Å². The summed E-state index contributed by atoms with van der Waals surface area (Å²) in [4.78, 5) is 17.5. The maximum Gasteiger partial charge on any atom is 0.257 e. The third-order valence-electron chi connectivity index (χ3n) is 5.61. The highest BCUT2D eigenvalue weighted by Crippen LogP contribution is 2.31. The standard InChI is InChI=1S/C18H24N4O2/c1-14-3-4-16-15(11-19-22(16)12-14)17(23)21-8-7-20(2)18(13-21)5-9-24-10-6-18/h3-4,11-12H,5-10,13H2,1-2H3. The first-order valence-corrected chi connectivity index (χ1v) is 8.61. The Hall–Kier alpha value is -1.92. The van der Waals surface area contributed by atoms with Gasteiger partial charge < -0.3 is 9.64 Å². The number of aryl methyl sites for hydroxylation is 1. The number of rotatable bonds is 1. The molecule has 1 amide bonds. The minimum absolute atomic E-state index is 0.0612. The summed E-state index contributed by atoms with van der Waals surface area (Å²) in [6.07, 6.45) is 5.63. The lowest BCUT2D eigenvalue weighted by Gasteiger charge is -2.51. The molecule has 0 atom stereocenters. The molecule has 0 bridgehead atoms. The molecule has 2 aromatic rings. The van der Waals surface area contributed by atoms with Crippen LogP contribution >= 0.6 is 0 Å². The topological polar surface area (TPSA) is 50.1 Å². The molecule has 0 unspecified atom stereocenters. The molecule has 2 aliphatic rings. The molecule has 0 radical (unpaired) electrons. The van der Waals surface area contributed by atoms with Gasteiger partial charge in [-0.05, 0) is 38.4 Å². The van der Waals surface area contributed by atoms with Gasteiger partial charge >= 0.3 is 0 Å². The quantitative estimate of drug-likeness (QED) is 0.797. The van der Waals surface area contributed by atoms with Gasteiger partial charge in [-0.2, -0.15) is 5.10 Å². The zero-order valence-corrected chi connectivity index (χ0v) is 14.4. The van der Waals surface area contributed by atoms with Crippen LogP contribution in [0.15, 0.2) is 24.5 Å². The molecule has 6 heteroatoms. The second-order valence-electron chi connectivity index (χ2n) is 7.08. The number of hydrogen-bond donors (Lipinski definition) is 0. The lowest BCUT2D eigenvalue weighted by molar-refractivity contribution is -0.0543. The van der Waals surface area contributed by atoms with Crippen molar-refractivity contribution in [2.75, 3.05) is 39.9 Å². The molecule has 1 spiro atoms. The number of pyridine rings is 1. The summed E-state index contributed by atoms with van der Waals surface area (Å²) < 4.78 is 7.33. The fourth-order valence-electron chi connectivity index (χ4n) is 3.95. The van der Waals surface area contributed by atoms with Gasteiger partial charge in [-0.25, -0.2) is 4.52 Å². The van der Waals surface area contributed by atoms with Crippen LogP contribution in [0.5, 0.6) is 0 Å². The van der Waals surface area contributed by atoms with E-state index >= 15 is 0 Å². The Kier molecular flexibility index (Phi) is 3.81. The van der Waals surface area contributed by atoms with Crippen LogP contribution in [0.4, 0.5) is 0 Å². The maximum atomic E-state index is 13.1. The number of fused-ring (bicyclic) bond motifs is 1.